The molecule has 0 amide bonds. The number of rotatable bonds is 2. The molecule has 14 heavy (non-hydrogen) atoms. The fourth-order valence-corrected chi connectivity index (χ4v) is 1.56. The lowest BCUT2D eigenvalue weighted by molar-refractivity contribution is -0.139. The van der Waals surface area contributed by atoms with Crippen LogP contribution in [0.15, 0.2) is 21.5 Å². The monoisotopic (exact) mass is 259 g/mol. The fraction of sp³-hybridized carbons (Fsp3) is 0.333. The zero-order valence-corrected chi connectivity index (χ0v) is 9.50. The van der Waals surface area contributed by atoms with E-state index < -0.39 is 0 Å². The van der Waals surface area contributed by atoms with Crippen LogP contribution >= 0.6 is 15.9 Å². The molecule has 0 aliphatic carbocycles. The third kappa shape index (κ3) is 2.45. The predicted octanol–water partition coefficient (Wildman–Crippen LogP) is 0.863. The number of halogens is 1. The molecule has 5 heteroatoms. The molecule has 0 aromatic carbocycles. The SMILES string of the molecule is COC(=O)Cc1cc(=O)n(C)cc1Br. The van der Waals surface area contributed by atoms with E-state index in [-0.39, 0.29) is 17.9 Å². The van der Waals surface area contributed by atoms with E-state index in [0.29, 0.717) is 5.56 Å². The number of nitrogens with zero attached hydrogens (tertiary/aromatic N) is 1. The Morgan fingerprint density at radius 2 is 2.29 bits per heavy atom. The van der Waals surface area contributed by atoms with Crippen molar-refractivity contribution in [2.24, 2.45) is 7.05 Å². The van der Waals surface area contributed by atoms with Gasteiger partial charge in [-0.15, -0.1) is 0 Å². The summed E-state index contributed by atoms with van der Waals surface area (Å²) in [6, 6.07) is 1.42. The minimum Gasteiger partial charge on any atom is -0.469 e. The Hall–Kier alpha value is -1.10. The van der Waals surface area contributed by atoms with Crippen molar-refractivity contribution in [3.63, 3.8) is 0 Å². The first kappa shape index (κ1) is 11.0. The van der Waals surface area contributed by atoms with Crippen LogP contribution in [-0.4, -0.2) is 17.6 Å². The number of hydrogen-bond donors (Lipinski definition) is 0. The van der Waals surface area contributed by atoms with Crippen molar-refractivity contribution in [1.29, 1.82) is 0 Å². The number of carbonyl (C=O) groups is 1. The summed E-state index contributed by atoms with van der Waals surface area (Å²) in [5.41, 5.74) is 0.493. The van der Waals surface area contributed by atoms with Gasteiger partial charge in [-0.25, -0.2) is 0 Å². The van der Waals surface area contributed by atoms with Gasteiger partial charge >= 0.3 is 5.97 Å². The second kappa shape index (κ2) is 4.41. The molecule has 76 valence electrons. The third-order valence-electron chi connectivity index (χ3n) is 1.82. The molecule has 4 nitrogen and oxygen atoms in total. The lowest BCUT2D eigenvalue weighted by Crippen LogP contribution is -2.17. The summed E-state index contributed by atoms with van der Waals surface area (Å²) in [6.45, 7) is 0. The Morgan fingerprint density at radius 1 is 1.64 bits per heavy atom. The molecule has 1 heterocycles. The van der Waals surface area contributed by atoms with Crippen LogP contribution in [0.4, 0.5) is 0 Å². The number of aromatic nitrogens is 1. The maximum Gasteiger partial charge on any atom is 0.310 e. The van der Waals surface area contributed by atoms with Crippen molar-refractivity contribution in [3.05, 3.63) is 32.7 Å². The summed E-state index contributed by atoms with van der Waals surface area (Å²) in [5, 5.41) is 0. The molecule has 0 atom stereocenters. The summed E-state index contributed by atoms with van der Waals surface area (Å²) >= 11 is 3.27. The van der Waals surface area contributed by atoms with E-state index in [9.17, 15) is 9.59 Å². The van der Waals surface area contributed by atoms with Crippen LogP contribution in [0.3, 0.4) is 0 Å². The van der Waals surface area contributed by atoms with Crippen molar-refractivity contribution < 1.29 is 9.53 Å². The normalized spacial score (nSPS) is 9.93. The Kier molecular flexibility index (Phi) is 3.46. The molecular weight excluding hydrogens is 250 g/mol. The lowest BCUT2D eigenvalue weighted by atomic mass is 10.2. The van der Waals surface area contributed by atoms with Crippen LogP contribution < -0.4 is 5.56 Å². The zero-order chi connectivity index (χ0) is 10.7. The molecule has 0 spiro atoms. The van der Waals surface area contributed by atoms with Crippen molar-refractivity contribution in [2.45, 2.75) is 6.42 Å². The second-order valence-corrected chi connectivity index (χ2v) is 3.70. The van der Waals surface area contributed by atoms with E-state index in [4.69, 9.17) is 0 Å². The van der Waals surface area contributed by atoms with Gasteiger partial charge in [-0.1, -0.05) is 0 Å². The minimum atomic E-state index is -0.362. The third-order valence-corrected chi connectivity index (χ3v) is 2.54. The summed E-state index contributed by atoms with van der Waals surface area (Å²) in [7, 11) is 2.96. The van der Waals surface area contributed by atoms with Crippen molar-refractivity contribution in [3.8, 4) is 0 Å². The minimum absolute atomic E-state index is 0.104. The second-order valence-electron chi connectivity index (χ2n) is 2.85. The molecule has 0 bridgehead atoms. The molecular formula is C9H10BrNO3. The van der Waals surface area contributed by atoms with Crippen molar-refractivity contribution >= 4 is 21.9 Å². The standard InChI is InChI=1S/C9H10BrNO3/c1-11-5-7(10)6(3-8(11)12)4-9(13)14-2/h3,5H,4H2,1-2H3. The van der Waals surface area contributed by atoms with E-state index in [1.165, 1.54) is 17.7 Å². The molecule has 0 aliphatic heterocycles. The van der Waals surface area contributed by atoms with Gasteiger partial charge in [-0.05, 0) is 21.5 Å². The average molecular weight is 260 g/mol. The van der Waals surface area contributed by atoms with Gasteiger partial charge in [0.1, 0.15) is 0 Å². The largest absolute Gasteiger partial charge is 0.469 e. The van der Waals surface area contributed by atoms with E-state index >= 15 is 0 Å². The molecule has 1 rings (SSSR count). The van der Waals surface area contributed by atoms with Gasteiger partial charge in [0.2, 0.25) is 0 Å². The number of hydrogen-bond acceptors (Lipinski definition) is 3. The molecule has 1 aromatic rings. The Morgan fingerprint density at radius 3 is 2.86 bits per heavy atom. The number of aryl methyl sites for hydroxylation is 1. The van der Waals surface area contributed by atoms with E-state index in [2.05, 4.69) is 20.7 Å². The van der Waals surface area contributed by atoms with E-state index in [1.807, 2.05) is 0 Å². The maximum absolute atomic E-state index is 11.3. The summed E-state index contributed by atoms with van der Waals surface area (Å²) in [6.07, 6.45) is 1.73. The number of esters is 1. The predicted molar refractivity (Wildman–Crippen MR) is 55.1 cm³/mol. The van der Waals surface area contributed by atoms with E-state index in [1.54, 1.807) is 13.2 Å². The smallest absolute Gasteiger partial charge is 0.310 e. The van der Waals surface area contributed by atoms with Crippen LogP contribution in [-0.2, 0) is 23.0 Å². The first-order valence-electron chi connectivity index (χ1n) is 3.96. The molecule has 0 unspecified atom stereocenters. The number of carbonyl (C=O) groups excluding carboxylic acids is 1. The van der Waals surface area contributed by atoms with Gasteiger partial charge in [0.05, 0.1) is 13.5 Å². The average Bonchev–Trinajstić information content (AvgIpc) is 2.14. The highest BCUT2D eigenvalue weighted by molar-refractivity contribution is 9.10. The topological polar surface area (TPSA) is 48.3 Å². The van der Waals surface area contributed by atoms with E-state index in [0.717, 1.165) is 4.47 Å². The Balaban J connectivity index is 3.04. The van der Waals surface area contributed by atoms with Gasteiger partial charge in [0.25, 0.3) is 5.56 Å². The summed E-state index contributed by atoms with van der Waals surface area (Å²) < 4.78 is 6.67. The highest BCUT2D eigenvalue weighted by Crippen LogP contribution is 2.14. The maximum atomic E-state index is 11.3. The fourth-order valence-electron chi connectivity index (χ4n) is 0.999. The Labute approximate surface area is 89.6 Å². The van der Waals surface area contributed by atoms with Crippen LogP contribution in [0.5, 0.6) is 0 Å². The summed E-state index contributed by atoms with van der Waals surface area (Å²) in [5.74, 6) is -0.362. The highest BCUT2D eigenvalue weighted by atomic mass is 79.9. The Bertz CT molecular complexity index is 411. The number of ether oxygens (including phenoxy) is 1. The zero-order valence-electron chi connectivity index (χ0n) is 7.91. The summed E-state index contributed by atoms with van der Waals surface area (Å²) in [4.78, 5) is 22.2. The van der Waals surface area contributed by atoms with Gasteiger partial charge < -0.3 is 9.30 Å². The molecule has 0 saturated heterocycles. The van der Waals surface area contributed by atoms with Crippen LogP contribution in [0, 0.1) is 0 Å². The first-order chi connectivity index (χ1) is 6.54. The molecule has 1 aromatic heterocycles. The molecule has 0 radical (unpaired) electrons. The number of methoxy groups -OCH3 is 1. The van der Waals surface area contributed by atoms with Gasteiger partial charge in [0.15, 0.2) is 0 Å². The van der Waals surface area contributed by atoms with Gasteiger partial charge in [-0.2, -0.15) is 0 Å². The lowest BCUT2D eigenvalue weighted by Gasteiger charge is -2.04. The highest BCUT2D eigenvalue weighted by Gasteiger charge is 2.08. The van der Waals surface area contributed by atoms with Crippen LogP contribution in [0.2, 0.25) is 0 Å². The number of pyridine rings is 1. The van der Waals surface area contributed by atoms with Crippen molar-refractivity contribution in [2.75, 3.05) is 7.11 Å². The van der Waals surface area contributed by atoms with Crippen molar-refractivity contribution in [1.82, 2.24) is 4.57 Å². The quantitative estimate of drug-likeness (QED) is 0.741. The molecule has 0 fully saturated rings. The molecule has 0 aliphatic rings. The van der Waals surface area contributed by atoms with Crippen LogP contribution in [0.1, 0.15) is 5.56 Å². The first-order valence-corrected chi connectivity index (χ1v) is 4.75. The molecule has 0 N–H and O–H groups in total. The molecule has 0 saturated carbocycles. The van der Waals surface area contributed by atoms with Gasteiger partial charge in [-0.3, -0.25) is 9.59 Å². The van der Waals surface area contributed by atoms with Gasteiger partial charge in [0, 0.05) is 23.8 Å². The van der Waals surface area contributed by atoms with Crippen LogP contribution in [0.25, 0.3) is 0 Å².